The SMILES string of the molecule is O=C(Nc1ccc(Cl)cc1)c1nnc(C(=O)N2CCCC(C(=O)NC3CCCCCC3)C2)s1. The zero-order valence-corrected chi connectivity index (χ0v) is 20.0. The molecule has 1 atom stereocenters. The van der Waals surface area contributed by atoms with Crippen LogP contribution in [0.3, 0.4) is 0 Å². The summed E-state index contributed by atoms with van der Waals surface area (Å²) in [7, 11) is 0. The summed E-state index contributed by atoms with van der Waals surface area (Å²) in [6.45, 7) is 0.932. The number of carbonyl (C=O) groups is 3. The lowest BCUT2D eigenvalue weighted by atomic mass is 9.96. The van der Waals surface area contributed by atoms with Gasteiger partial charge >= 0.3 is 0 Å². The molecule has 1 aliphatic carbocycles. The fraction of sp³-hybridized carbons (Fsp3) is 0.522. The molecule has 0 radical (unpaired) electrons. The van der Waals surface area contributed by atoms with Crippen molar-refractivity contribution < 1.29 is 14.4 Å². The van der Waals surface area contributed by atoms with Crippen LogP contribution in [0.4, 0.5) is 5.69 Å². The van der Waals surface area contributed by atoms with Crippen LogP contribution in [0.25, 0.3) is 0 Å². The van der Waals surface area contributed by atoms with Crippen molar-refractivity contribution in [3.63, 3.8) is 0 Å². The van der Waals surface area contributed by atoms with Crippen molar-refractivity contribution in [3.8, 4) is 0 Å². The average Bonchev–Trinajstić information content (AvgIpc) is 3.19. The molecule has 176 valence electrons. The van der Waals surface area contributed by atoms with Gasteiger partial charge in [0.15, 0.2) is 0 Å². The van der Waals surface area contributed by atoms with Gasteiger partial charge in [0.25, 0.3) is 11.8 Å². The van der Waals surface area contributed by atoms with E-state index in [9.17, 15) is 14.4 Å². The molecule has 4 rings (SSSR count). The van der Waals surface area contributed by atoms with Gasteiger partial charge in [-0.05, 0) is 49.9 Å². The Labute approximate surface area is 202 Å². The summed E-state index contributed by atoms with van der Waals surface area (Å²) in [4.78, 5) is 39.9. The van der Waals surface area contributed by atoms with Crippen LogP contribution in [-0.2, 0) is 4.79 Å². The summed E-state index contributed by atoms with van der Waals surface area (Å²) in [5, 5.41) is 14.6. The number of amides is 3. The second kappa shape index (κ2) is 11.1. The fourth-order valence-corrected chi connectivity index (χ4v) is 5.21. The Morgan fingerprint density at radius 1 is 0.939 bits per heavy atom. The number of nitrogens with zero attached hydrogens (tertiary/aromatic N) is 3. The Kier molecular flexibility index (Phi) is 7.93. The molecule has 1 aromatic heterocycles. The van der Waals surface area contributed by atoms with Crippen LogP contribution in [-0.4, -0.2) is 52.0 Å². The van der Waals surface area contributed by atoms with Gasteiger partial charge < -0.3 is 15.5 Å². The lowest BCUT2D eigenvalue weighted by molar-refractivity contribution is -0.127. The van der Waals surface area contributed by atoms with E-state index in [1.807, 2.05) is 0 Å². The third-order valence-corrected chi connectivity index (χ3v) is 7.35. The summed E-state index contributed by atoms with van der Waals surface area (Å²) < 4.78 is 0. The molecule has 33 heavy (non-hydrogen) atoms. The standard InChI is InChI=1S/C23H28ClN5O3S/c24-16-9-11-18(12-10-16)26-20(31)21-27-28-22(33-21)23(32)29-13-5-6-15(14-29)19(30)25-17-7-3-1-2-4-8-17/h9-12,15,17H,1-8,13-14H2,(H,25,30)(H,26,31). The smallest absolute Gasteiger partial charge is 0.286 e. The maximum absolute atomic E-state index is 13.0. The minimum absolute atomic E-state index is 0.0414. The minimum Gasteiger partial charge on any atom is -0.353 e. The van der Waals surface area contributed by atoms with Gasteiger partial charge in [0.2, 0.25) is 15.9 Å². The van der Waals surface area contributed by atoms with Gasteiger partial charge in [-0.1, -0.05) is 48.6 Å². The molecule has 1 aromatic carbocycles. The predicted octanol–water partition coefficient (Wildman–Crippen LogP) is 4.14. The number of piperidine rings is 1. The van der Waals surface area contributed by atoms with E-state index in [1.54, 1.807) is 29.2 Å². The number of halogens is 1. The largest absolute Gasteiger partial charge is 0.353 e. The Morgan fingerprint density at radius 2 is 1.64 bits per heavy atom. The highest BCUT2D eigenvalue weighted by molar-refractivity contribution is 7.15. The van der Waals surface area contributed by atoms with E-state index in [1.165, 1.54) is 12.8 Å². The molecule has 3 amide bonds. The fourth-order valence-electron chi connectivity index (χ4n) is 4.37. The highest BCUT2D eigenvalue weighted by atomic mass is 35.5. The van der Waals surface area contributed by atoms with Crippen molar-refractivity contribution in [1.82, 2.24) is 20.4 Å². The van der Waals surface area contributed by atoms with Crippen molar-refractivity contribution in [2.45, 2.75) is 57.4 Å². The number of nitrogens with one attached hydrogen (secondary N) is 2. The lowest BCUT2D eigenvalue weighted by Crippen LogP contribution is -2.47. The zero-order chi connectivity index (χ0) is 23.2. The topological polar surface area (TPSA) is 104 Å². The van der Waals surface area contributed by atoms with Crippen LogP contribution in [0.15, 0.2) is 24.3 Å². The molecule has 8 nitrogen and oxygen atoms in total. The van der Waals surface area contributed by atoms with Gasteiger partial charge in [-0.15, -0.1) is 10.2 Å². The Bertz CT molecular complexity index is 988. The molecule has 2 N–H and O–H groups in total. The quantitative estimate of drug-likeness (QED) is 0.614. The van der Waals surface area contributed by atoms with Crippen molar-refractivity contribution in [2.24, 2.45) is 5.92 Å². The molecule has 1 saturated heterocycles. The molecule has 2 aromatic rings. The van der Waals surface area contributed by atoms with Crippen molar-refractivity contribution in [3.05, 3.63) is 39.3 Å². The molecule has 1 aliphatic heterocycles. The van der Waals surface area contributed by atoms with Crippen LogP contribution in [0, 0.1) is 5.92 Å². The van der Waals surface area contributed by atoms with Gasteiger partial charge in [-0.3, -0.25) is 14.4 Å². The number of benzene rings is 1. The molecular weight excluding hydrogens is 462 g/mol. The minimum atomic E-state index is -0.437. The number of likely N-dealkylation sites (tertiary alicyclic amines) is 1. The van der Waals surface area contributed by atoms with E-state index in [0.717, 1.165) is 49.9 Å². The Hall–Kier alpha value is -2.52. The first-order valence-corrected chi connectivity index (χ1v) is 12.7. The van der Waals surface area contributed by atoms with Gasteiger partial charge in [-0.25, -0.2) is 0 Å². The number of hydrogen-bond acceptors (Lipinski definition) is 6. The van der Waals surface area contributed by atoms with Gasteiger partial charge in [0.05, 0.1) is 5.92 Å². The second-order valence-electron chi connectivity index (χ2n) is 8.66. The van der Waals surface area contributed by atoms with E-state index in [4.69, 9.17) is 11.6 Å². The summed E-state index contributed by atoms with van der Waals surface area (Å²) in [6, 6.07) is 6.95. The predicted molar refractivity (Wildman–Crippen MR) is 128 cm³/mol. The molecule has 1 saturated carbocycles. The van der Waals surface area contributed by atoms with E-state index in [2.05, 4.69) is 20.8 Å². The summed E-state index contributed by atoms with van der Waals surface area (Å²) >= 11 is 6.82. The normalized spacial score (nSPS) is 19.5. The lowest BCUT2D eigenvalue weighted by Gasteiger charge is -2.32. The third kappa shape index (κ3) is 6.29. The number of carbonyl (C=O) groups excluding carboxylic acids is 3. The van der Waals surface area contributed by atoms with Crippen LogP contribution >= 0.6 is 22.9 Å². The first kappa shape index (κ1) is 23.6. The molecule has 0 spiro atoms. The molecular formula is C23H28ClN5O3S. The number of anilines is 1. The van der Waals surface area contributed by atoms with Crippen LogP contribution in [0.5, 0.6) is 0 Å². The zero-order valence-electron chi connectivity index (χ0n) is 18.4. The molecule has 10 heteroatoms. The van der Waals surface area contributed by atoms with Gasteiger partial charge in [0, 0.05) is 29.8 Å². The third-order valence-electron chi connectivity index (χ3n) is 6.19. The summed E-state index contributed by atoms with van der Waals surface area (Å²) in [5.74, 6) is -0.899. The Morgan fingerprint density at radius 3 is 2.36 bits per heavy atom. The van der Waals surface area contributed by atoms with Crippen LogP contribution in [0.1, 0.15) is 71.0 Å². The van der Waals surface area contributed by atoms with Crippen molar-refractivity contribution in [2.75, 3.05) is 18.4 Å². The van der Waals surface area contributed by atoms with E-state index >= 15 is 0 Å². The van der Waals surface area contributed by atoms with Crippen LogP contribution in [0.2, 0.25) is 5.02 Å². The van der Waals surface area contributed by atoms with E-state index in [-0.39, 0.29) is 33.8 Å². The monoisotopic (exact) mass is 489 g/mol. The maximum atomic E-state index is 13.0. The molecule has 0 bridgehead atoms. The summed E-state index contributed by atoms with van der Waals surface area (Å²) in [5.41, 5.74) is 0.575. The summed E-state index contributed by atoms with van der Waals surface area (Å²) in [6.07, 6.45) is 8.39. The van der Waals surface area contributed by atoms with Crippen molar-refractivity contribution in [1.29, 1.82) is 0 Å². The van der Waals surface area contributed by atoms with Gasteiger partial charge in [-0.2, -0.15) is 0 Å². The highest BCUT2D eigenvalue weighted by Gasteiger charge is 2.31. The van der Waals surface area contributed by atoms with Gasteiger partial charge in [0.1, 0.15) is 0 Å². The van der Waals surface area contributed by atoms with E-state index < -0.39 is 5.91 Å². The van der Waals surface area contributed by atoms with E-state index in [0.29, 0.717) is 23.8 Å². The first-order valence-electron chi connectivity index (χ1n) is 11.5. The highest BCUT2D eigenvalue weighted by Crippen LogP contribution is 2.23. The molecule has 2 heterocycles. The number of rotatable bonds is 5. The number of hydrogen-bond donors (Lipinski definition) is 2. The van der Waals surface area contributed by atoms with Crippen molar-refractivity contribution >= 4 is 46.3 Å². The maximum Gasteiger partial charge on any atom is 0.286 e. The second-order valence-corrected chi connectivity index (χ2v) is 10.1. The Balaban J connectivity index is 1.33. The first-order chi connectivity index (χ1) is 16.0. The molecule has 1 unspecified atom stereocenters. The number of aromatic nitrogens is 2. The average molecular weight is 490 g/mol. The molecule has 2 fully saturated rings. The van der Waals surface area contributed by atoms with Crippen LogP contribution < -0.4 is 10.6 Å². The molecule has 2 aliphatic rings.